The van der Waals surface area contributed by atoms with Gasteiger partial charge in [-0.05, 0) is 36.8 Å². The van der Waals surface area contributed by atoms with Crippen molar-refractivity contribution < 1.29 is 19.2 Å². The van der Waals surface area contributed by atoms with E-state index in [1.165, 1.54) is 36.0 Å². The molecule has 0 fully saturated rings. The molecule has 3 rings (SSSR count). The number of nitrogens with one attached hydrogen (secondary N) is 1. The quantitative estimate of drug-likeness (QED) is 0.304. The van der Waals surface area contributed by atoms with E-state index in [0.29, 0.717) is 28.2 Å². The standard InChI is InChI=1S/C20H21N5O5S/c1-13-4-9-16(17(10-13)29-3)30-11-18-22-23-20(24(18)2)31-12-19(26)21-14-5-7-15(8-6-14)25(27)28/h4-10H,11-12H2,1-3H3,(H,21,26). The predicted molar refractivity (Wildman–Crippen MR) is 116 cm³/mol. The lowest BCUT2D eigenvalue weighted by atomic mass is 10.2. The van der Waals surface area contributed by atoms with Gasteiger partial charge in [-0.3, -0.25) is 14.9 Å². The minimum absolute atomic E-state index is 0.0375. The minimum atomic E-state index is -0.494. The monoisotopic (exact) mass is 443 g/mol. The van der Waals surface area contributed by atoms with E-state index in [1.807, 2.05) is 25.1 Å². The molecule has 0 bridgehead atoms. The Hall–Kier alpha value is -3.60. The molecule has 10 nitrogen and oxygen atoms in total. The van der Waals surface area contributed by atoms with Crippen LogP contribution in [0.1, 0.15) is 11.4 Å². The SMILES string of the molecule is COc1cc(C)ccc1OCc1nnc(SCC(=O)Nc2ccc([N+](=O)[O-])cc2)n1C. The molecule has 0 unspecified atom stereocenters. The number of non-ortho nitro benzene ring substituents is 1. The van der Waals surface area contributed by atoms with Crippen molar-refractivity contribution >= 4 is 29.0 Å². The molecule has 0 aliphatic heterocycles. The number of aryl methyl sites for hydroxylation is 1. The Kier molecular flexibility index (Phi) is 7.08. The number of nitro benzene ring substituents is 1. The number of thioether (sulfide) groups is 1. The molecule has 0 spiro atoms. The number of nitrogens with zero attached hydrogens (tertiary/aromatic N) is 4. The van der Waals surface area contributed by atoms with Crippen molar-refractivity contribution in [1.82, 2.24) is 14.8 Å². The molecule has 0 saturated heterocycles. The zero-order chi connectivity index (χ0) is 22.4. The summed E-state index contributed by atoms with van der Waals surface area (Å²) in [7, 11) is 3.38. The Bertz CT molecular complexity index is 1080. The van der Waals surface area contributed by atoms with Crippen LogP contribution in [0.5, 0.6) is 11.5 Å². The van der Waals surface area contributed by atoms with E-state index in [9.17, 15) is 14.9 Å². The van der Waals surface area contributed by atoms with Gasteiger partial charge < -0.3 is 19.4 Å². The van der Waals surface area contributed by atoms with Gasteiger partial charge in [0, 0.05) is 24.9 Å². The average molecular weight is 443 g/mol. The molecule has 0 aliphatic rings. The fourth-order valence-electron chi connectivity index (χ4n) is 2.63. The summed E-state index contributed by atoms with van der Waals surface area (Å²) in [6.45, 7) is 2.16. The second-order valence-electron chi connectivity index (χ2n) is 6.54. The second kappa shape index (κ2) is 9.94. The Morgan fingerprint density at radius 3 is 2.61 bits per heavy atom. The third-order valence-corrected chi connectivity index (χ3v) is 5.32. The molecule has 0 radical (unpaired) electrons. The number of carbonyl (C=O) groups excluding carboxylic acids is 1. The van der Waals surface area contributed by atoms with Crippen molar-refractivity contribution in [1.29, 1.82) is 0 Å². The Morgan fingerprint density at radius 1 is 1.19 bits per heavy atom. The molecule has 0 aliphatic carbocycles. The highest BCUT2D eigenvalue weighted by atomic mass is 32.2. The van der Waals surface area contributed by atoms with Crippen LogP contribution in [0.3, 0.4) is 0 Å². The number of rotatable bonds is 9. The molecule has 31 heavy (non-hydrogen) atoms. The topological polar surface area (TPSA) is 121 Å². The number of amides is 1. The van der Waals surface area contributed by atoms with Gasteiger partial charge in [0.1, 0.15) is 6.61 Å². The van der Waals surface area contributed by atoms with Crippen molar-refractivity contribution in [3.05, 3.63) is 64.0 Å². The summed E-state index contributed by atoms with van der Waals surface area (Å²) in [4.78, 5) is 22.4. The summed E-state index contributed by atoms with van der Waals surface area (Å²) in [5.74, 6) is 1.69. The number of hydrogen-bond acceptors (Lipinski definition) is 8. The van der Waals surface area contributed by atoms with Gasteiger partial charge in [0.2, 0.25) is 5.91 Å². The van der Waals surface area contributed by atoms with Crippen molar-refractivity contribution in [2.45, 2.75) is 18.7 Å². The van der Waals surface area contributed by atoms with Gasteiger partial charge in [0.15, 0.2) is 22.5 Å². The minimum Gasteiger partial charge on any atom is -0.493 e. The van der Waals surface area contributed by atoms with Crippen LogP contribution in [-0.2, 0) is 18.4 Å². The number of carbonyl (C=O) groups is 1. The highest BCUT2D eigenvalue weighted by molar-refractivity contribution is 7.99. The highest BCUT2D eigenvalue weighted by Crippen LogP contribution is 2.28. The van der Waals surface area contributed by atoms with Crippen molar-refractivity contribution in [3.63, 3.8) is 0 Å². The maximum absolute atomic E-state index is 12.2. The molecular formula is C20H21N5O5S. The van der Waals surface area contributed by atoms with Crippen molar-refractivity contribution in [3.8, 4) is 11.5 Å². The zero-order valence-corrected chi connectivity index (χ0v) is 18.0. The molecule has 3 aromatic rings. The Labute approximate surface area is 182 Å². The molecule has 0 saturated carbocycles. The first-order chi connectivity index (χ1) is 14.9. The number of anilines is 1. The van der Waals surface area contributed by atoms with Gasteiger partial charge in [-0.15, -0.1) is 10.2 Å². The zero-order valence-electron chi connectivity index (χ0n) is 17.2. The Morgan fingerprint density at radius 2 is 1.94 bits per heavy atom. The van der Waals surface area contributed by atoms with Crippen LogP contribution in [0.15, 0.2) is 47.6 Å². The van der Waals surface area contributed by atoms with Crippen LogP contribution in [0.4, 0.5) is 11.4 Å². The molecule has 1 amide bonds. The lowest BCUT2D eigenvalue weighted by Crippen LogP contribution is -2.14. The van der Waals surface area contributed by atoms with E-state index >= 15 is 0 Å². The summed E-state index contributed by atoms with van der Waals surface area (Å²) < 4.78 is 12.9. The molecule has 11 heteroatoms. The predicted octanol–water partition coefficient (Wildman–Crippen LogP) is 3.35. The summed E-state index contributed by atoms with van der Waals surface area (Å²) in [6.07, 6.45) is 0. The average Bonchev–Trinajstić information content (AvgIpc) is 3.11. The third kappa shape index (κ3) is 5.72. The lowest BCUT2D eigenvalue weighted by molar-refractivity contribution is -0.384. The van der Waals surface area contributed by atoms with Gasteiger partial charge >= 0.3 is 0 Å². The first-order valence-corrected chi connectivity index (χ1v) is 10.2. The second-order valence-corrected chi connectivity index (χ2v) is 7.48. The largest absolute Gasteiger partial charge is 0.493 e. The molecule has 1 aromatic heterocycles. The van der Waals surface area contributed by atoms with Crippen LogP contribution < -0.4 is 14.8 Å². The maximum Gasteiger partial charge on any atom is 0.269 e. The fraction of sp³-hybridized carbons (Fsp3) is 0.250. The van der Waals surface area contributed by atoms with Crippen LogP contribution in [-0.4, -0.2) is 38.5 Å². The fourth-order valence-corrected chi connectivity index (χ4v) is 3.36. The third-order valence-electron chi connectivity index (χ3n) is 4.30. The van der Waals surface area contributed by atoms with Gasteiger partial charge in [-0.1, -0.05) is 17.8 Å². The smallest absolute Gasteiger partial charge is 0.269 e. The molecule has 0 atom stereocenters. The number of methoxy groups -OCH3 is 1. The molecular weight excluding hydrogens is 422 g/mol. The van der Waals surface area contributed by atoms with Crippen LogP contribution in [0.25, 0.3) is 0 Å². The normalized spacial score (nSPS) is 10.5. The molecule has 1 N–H and O–H groups in total. The van der Waals surface area contributed by atoms with Crippen molar-refractivity contribution in [2.75, 3.05) is 18.2 Å². The van der Waals surface area contributed by atoms with Gasteiger partial charge in [0.05, 0.1) is 17.8 Å². The highest BCUT2D eigenvalue weighted by Gasteiger charge is 2.14. The van der Waals surface area contributed by atoms with Crippen LogP contribution >= 0.6 is 11.8 Å². The summed E-state index contributed by atoms with van der Waals surface area (Å²) in [5.41, 5.74) is 1.51. The Balaban J connectivity index is 1.54. The first kappa shape index (κ1) is 22.1. The number of hydrogen-bond donors (Lipinski definition) is 1. The van der Waals surface area contributed by atoms with E-state index in [1.54, 1.807) is 18.7 Å². The van der Waals surface area contributed by atoms with E-state index in [2.05, 4.69) is 15.5 Å². The van der Waals surface area contributed by atoms with Crippen LogP contribution in [0.2, 0.25) is 0 Å². The molecule has 2 aromatic carbocycles. The van der Waals surface area contributed by atoms with E-state index in [0.717, 1.165) is 5.56 Å². The molecule has 1 heterocycles. The van der Waals surface area contributed by atoms with Crippen LogP contribution in [0, 0.1) is 17.0 Å². The van der Waals surface area contributed by atoms with Crippen molar-refractivity contribution in [2.24, 2.45) is 7.05 Å². The number of benzene rings is 2. The maximum atomic E-state index is 12.2. The van der Waals surface area contributed by atoms with E-state index in [-0.39, 0.29) is 24.0 Å². The number of nitro groups is 1. The van der Waals surface area contributed by atoms with E-state index in [4.69, 9.17) is 9.47 Å². The lowest BCUT2D eigenvalue weighted by Gasteiger charge is -2.11. The van der Waals surface area contributed by atoms with Gasteiger partial charge in [0.25, 0.3) is 5.69 Å². The van der Waals surface area contributed by atoms with Gasteiger partial charge in [-0.25, -0.2) is 0 Å². The molecule has 162 valence electrons. The first-order valence-electron chi connectivity index (χ1n) is 9.20. The summed E-state index contributed by atoms with van der Waals surface area (Å²) >= 11 is 1.22. The van der Waals surface area contributed by atoms with Gasteiger partial charge in [-0.2, -0.15) is 0 Å². The van der Waals surface area contributed by atoms with E-state index < -0.39 is 4.92 Å². The number of ether oxygens (including phenoxy) is 2. The summed E-state index contributed by atoms with van der Waals surface area (Å²) in [6, 6.07) is 11.3. The summed E-state index contributed by atoms with van der Waals surface area (Å²) in [5, 5.41) is 22.2. The number of aromatic nitrogens is 3.